The Hall–Kier alpha value is -3.07. The SMILES string of the molecule is CCOc1ccc(N(CCCC(=O)N(CCc2ccccc2)C(CC)C(=O)NC2CCCCC2)S(C)(=O)=O)cc1. The molecule has 0 heterocycles. The van der Waals surface area contributed by atoms with Gasteiger partial charge in [-0.05, 0) is 68.9 Å². The van der Waals surface area contributed by atoms with Crippen LogP contribution in [0.4, 0.5) is 5.69 Å². The second kappa shape index (κ2) is 15.6. The molecule has 2 aromatic carbocycles. The maximum absolute atomic E-state index is 13.6. The summed E-state index contributed by atoms with van der Waals surface area (Å²) in [5.41, 5.74) is 1.62. The van der Waals surface area contributed by atoms with Gasteiger partial charge in [-0.2, -0.15) is 0 Å². The van der Waals surface area contributed by atoms with E-state index >= 15 is 0 Å². The van der Waals surface area contributed by atoms with E-state index < -0.39 is 16.1 Å². The van der Waals surface area contributed by atoms with Crippen LogP contribution in [0.3, 0.4) is 0 Å². The molecule has 1 N–H and O–H groups in total. The van der Waals surface area contributed by atoms with E-state index in [4.69, 9.17) is 4.74 Å². The fourth-order valence-corrected chi connectivity index (χ4v) is 6.28. The van der Waals surface area contributed by atoms with Crippen LogP contribution in [0.1, 0.15) is 70.8 Å². The molecule has 3 rings (SSSR count). The summed E-state index contributed by atoms with van der Waals surface area (Å²) in [6, 6.07) is 16.4. The quantitative estimate of drug-likeness (QED) is 0.327. The third-order valence-corrected chi connectivity index (χ3v) is 8.60. The first kappa shape index (κ1) is 31.5. The monoisotopic (exact) mass is 571 g/mol. The first-order chi connectivity index (χ1) is 19.2. The van der Waals surface area contributed by atoms with E-state index in [-0.39, 0.29) is 30.8 Å². The molecule has 220 valence electrons. The Morgan fingerprint density at radius 2 is 1.65 bits per heavy atom. The zero-order chi connectivity index (χ0) is 29.0. The number of anilines is 1. The molecule has 1 saturated carbocycles. The number of benzene rings is 2. The summed E-state index contributed by atoms with van der Waals surface area (Å²) in [5.74, 6) is 0.436. The number of carbonyl (C=O) groups excluding carboxylic acids is 2. The van der Waals surface area contributed by atoms with Gasteiger partial charge in [0, 0.05) is 25.6 Å². The number of ether oxygens (including phenoxy) is 1. The molecule has 8 nitrogen and oxygen atoms in total. The number of rotatable bonds is 15. The van der Waals surface area contributed by atoms with Crippen LogP contribution in [0.2, 0.25) is 0 Å². The Morgan fingerprint density at radius 3 is 2.25 bits per heavy atom. The van der Waals surface area contributed by atoms with Crippen LogP contribution in [-0.4, -0.2) is 63.2 Å². The van der Waals surface area contributed by atoms with Crippen molar-refractivity contribution in [1.29, 1.82) is 0 Å². The highest BCUT2D eigenvalue weighted by Crippen LogP contribution is 2.23. The lowest BCUT2D eigenvalue weighted by Crippen LogP contribution is -2.52. The molecule has 1 fully saturated rings. The Morgan fingerprint density at radius 1 is 0.975 bits per heavy atom. The van der Waals surface area contributed by atoms with Crippen molar-refractivity contribution in [1.82, 2.24) is 10.2 Å². The third kappa shape index (κ3) is 9.54. The summed E-state index contributed by atoms with van der Waals surface area (Å²) in [6.07, 6.45) is 8.19. The molecular formula is C31H45N3O5S. The van der Waals surface area contributed by atoms with E-state index in [1.54, 1.807) is 29.2 Å². The van der Waals surface area contributed by atoms with Crippen LogP contribution in [0.25, 0.3) is 0 Å². The van der Waals surface area contributed by atoms with E-state index in [1.807, 2.05) is 44.2 Å². The molecule has 0 aliphatic heterocycles. The molecule has 40 heavy (non-hydrogen) atoms. The minimum absolute atomic E-state index is 0.0945. The van der Waals surface area contributed by atoms with Crippen molar-refractivity contribution in [2.45, 2.75) is 83.7 Å². The Balaban J connectivity index is 1.70. The van der Waals surface area contributed by atoms with Gasteiger partial charge in [-0.1, -0.05) is 56.5 Å². The highest BCUT2D eigenvalue weighted by atomic mass is 32.2. The van der Waals surface area contributed by atoms with Crippen LogP contribution in [-0.2, 0) is 26.0 Å². The average Bonchev–Trinajstić information content (AvgIpc) is 2.94. The van der Waals surface area contributed by atoms with E-state index in [0.29, 0.717) is 43.9 Å². The Labute approximate surface area is 240 Å². The van der Waals surface area contributed by atoms with Crippen molar-refractivity contribution < 1.29 is 22.7 Å². The number of nitrogens with one attached hydrogen (secondary N) is 1. The molecule has 0 spiro atoms. The van der Waals surface area contributed by atoms with E-state index in [9.17, 15) is 18.0 Å². The summed E-state index contributed by atoms with van der Waals surface area (Å²) in [4.78, 5) is 28.7. The van der Waals surface area contributed by atoms with Crippen LogP contribution in [0.15, 0.2) is 54.6 Å². The first-order valence-corrected chi connectivity index (χ1v) is 16.4. The summed E-state index contributed by atoms with van der Waals surface area (Å²) in [7, 11) is -3.55. The number of nitrogens with zero attached hydrogens (tertiary/aromatic N) is 2. The van der Waals surface area contributed by atoms with Crippen molar-refractivity contribution >= 4 is 27.5 Å². The van der Waals surface area contributed by atoms with Crippen molar-refractivity contribution in [2.24, 2.45) is 0 Å². The molecular weight excluding hydrogens is 526 g/mol. The number of sulfonamides is 1. The third-order valence-electron chi connectivity index (χ3n) is 7.41. The molecule has 0 aromatic heterocycles. The van der Waals surface area contributed by atoms with Crippen molar-refractivity contribution in [2.75, 3.05) is 30.3 Å². The van der Waals surface area contributed by atoms with Crippen LogP contribution >= 0.6 is 0 Å². The fourth-order valence-electron chi connectivity index (χ4n) is 5.32. The van der Waals surface area contributed by atoms with Gasteiger partial charge < -0.3 is 15.0 Å². The predicted molar refractivity (Wildman–Crippen MR) is 160 cm³/mol. The van der Waals surface area contributed by atoms with Crippen LogP contribution in [0.5, 0.6) is 5.75 Å². The van der Waals surface area contributed by atoms with Gasteiger partial charge in [-0.15, -0.1) is 0 Å². The summed E-state index contributed by atoms with van der Waals surface area (Å²) in [5, 5.41) is 3.20. The largest absolute Gasteiger partial charge is 0.494 e. The second-order valence-electron chi connectivity index (χ2n) is 10.5. The molecule has 0 radical (unpaired) electrons. The van der Waals surface area contributed by atoms with Crippen molar-refractivity contribution in [3.63, 3.8) is 0 Å². The van der Waals surface area contributed by atoms with Gasteiger partial charge in [-0.3, -0.25) is 13.9 Å². The standard InChI is InChI=1S/C31H45N3O5S/c1-4-29(31(36)32-26-15-10-7-11-16-26)33(24-22-25-13-8-6-9-14-25)30(35)17-12-23-34(40(3,37)38)27-18-20-28(21-19-27)39-5-2/h6,8-9,13-14,18-21,26,29H,4-5,7,10-12,15-17,22-24H2,1-3H3,(H,32,36). The Bertz CT molecular complexity index is 1170. The van der Waals surface area contributed by atoms with Gasteiger partial charge in [0.15, 0.2) is 0 Å². The number of amides is 2. The maximum Gasteiger partial charge on any atom is 0.243 e. The smallest absolute Gasteiger partial charge is 0.243 e. The summed E-state index contributed by atoms with van der Waals surface area (Å²) < 4.78 is 32.0. The van der Waals surface area contributed by atoms with Gasteiger partial charge in [-0.25, -0.2) is 8.42 Å². The molecule has 1 atom stereocenters. The van der Waals surface area contributed by atoms with E-state index in [0.717, 1.165) is 31.2 Å². The molecule has 2 amide bonds. The first-order valence-electron chi connectivity index (χ1n) is 14.6. The highest BCUT2D eigenvalue weighted by molar-refractivity contribution is 7.92. The number of carbonyl (C=O) groups is 2. The molecule has 9 heteroatoms. The van der Waals surface area contributed by atoms with Crippen LogP contribution < -0.4 is 14.4 Å². The maximum atomic E-state index is 13.6. The normalized spacial score (nSPS) is 14.8. The summed E-state index contributed by atoms with van der Waals surface area (Å²) in [6.45, 7) is 4.94. The van der Waals surface area contributed by atoms with Gasteiger partial charge in [0.05, 0.1) is 18.6 Å². The lowest BCUT2D eigenvalue weighted by atomic mass is 9.95. The van der Waals surface area contributed by atoms with E-state index in [1.165, 1.54) is 17.0 Å². The zero-order valence-corrected chi connectivity index (χ0v) is 25.0. The van der Waals surface area contributed by atoms with Crippen LogP contribution in [0, 0.1) is 0 Å². The van der Waals surface area contributed by atoms with Gasteiger partial charge in [0.1, 0.15) is 11.8 Å². The number of hydrogen-bond donors (Lipinski definition) is 1. The fraction of sp³-hybridized carbons (Fsp3) is 0.548. The van der Waals surface area contributed by atoms with Gasteiger partial charge >= 0.3 is 0 Å². The minimum atomic E-state index is -3.55. The minimum Gasteiger partial charge on any atom is -0.494 e. The lowest BCUT2D eigenvalue weighted by molar-refractivity contribution is -0.141. The molecule has 0 saturated heterocycles. The Kier molecular flexibility index (Phi) is 12.3. The van der Waals surface area contributed by atoms with Crippen molar-refractivity contribution in [3.05, 3.63) is 60.2 Å². The lowest BCUT2D eigenvalue weighted by Gasteiger charge is -2.33. The summed E-state index contributed by atoms with van der Waals surface area (Å²) >= 11 is 0. The molecule has 0 bridgehead atoms. The zero-order valence-electron chi connectivity index (χ0n) is 24.2. The highest BCUT2D eigenvalue weighted by Gasteiger charge is 2.30. The average molecular weight is 572 g/mol. The molecule has 1 unspecified atom stereocenters. The van der Waals surface area contributed by atoms with E-state index in [2.05, 4.69) is 5.32 Å². The predicted octanol–water partition coefficient (Wildman–Crippen LogP) is 4.93. The molecule has 2 aromatic rings. The molecule has 1 aliphatic rings. The molecule has 1 aliphatic carbocycles. The van der Waals surface area contributed by atoms with Gasteiger partial charge in [0.25, 0.3) is 0 Å². The van der Waals surface area contributed by atoms with Crippen molar-refractivity contribution in [3.8, 4) is 5.75 Å². The second-order valence-corrected chi connectivity index (χ2v) is 12.4. The van der Waals surface area contributed by atoms with Gasteiger partial charge in [0.2, 0.25) is 21.8 Å². The number of hydrogen-bond acceptors (Lipinski definition) is 5. The topological polar surface area (TPSA) is 96.0 Å².